The first-order valence-electron chi connectivity index (χ1n) is 10.2. The Labute approximate surface area is 166 Å². The molecule has 0 bridgehead atoms. The third kappa shape index (κ3) is 5.03. The number of carbonyl (C=O) groups is 1. The van der Waals surface area contributed by atoms with Crippen LogP contribution in [0.2, 0.25) is 0 Å². The molecule has 1 amide bonds. The molecule has 2 fully saturated rings. The van der Waals surface area contributed by atoms with Gasteiger partial charge in [-0.05, 0) is 33.4 Å². The van der Waals surface area contributed by atoms with Gasteiger partial charge in [0.1, 0.15) is 0 Å². The summed E-state index contributed by atoms with van der Waals surface area (Å²) in [7, 11) is 4.20. The quantitative estimate of drug-likeness (QED) is 0.662. The Kier molecular flexibility index (Phi) is 7.55. The van der Waals surface area contributed by atoms with E-state index in [-0.39, 0.29) is 11.9 Å². The summed E-state index contributed by atoms with van der Waals surface area (Å²) in [5.41, 5.74) is 0. The summed E-state index contributed by atoms with van der Waals surface area (Å²) in [6.07, 6.45) is 7.20. The Morgan fingerprint density at radius 2 is 1.93 bits per heavy atom. The fourth-order valence-electron chi connectivity index (χ4n) is 4.11. The molecule has 0 spiro atoms. The lowest BCUT2D eigenvalue weighted by Gasteiger charge is -2.30. The van der Waals surface area contributed by atoms with Crippen LogP contribution in [0.5, 0.6) is 0 Å². The molecule has 27 heavy (non-hydrogen) atoms. The van der Waals surface area contributed by atoms with Gasteiger partial charge in [0.05, 0.1) is 25.0 Å². The van der Waals surface area contributed by atoms with E-state index in [1.807, 2.05) is 4.90 Å². The van der Waals surface area contributed by atoms with Crippen molar-refractivity contribution in [3.05, 3.63) is 5.82 Å². The average Bonchev–Trinajstić information content (AvgIpc) is 3.11. The van der Waals surface area contributed by atoms with Gasteiger partial charge in [-0.2, -0.15) is 0 Å². The normalized spacial score (nSPS) is 20.2. The molecule has 0 unspecified atom stereocenters. The Morgan fingerprint density at radius 1 is 1.22 bits per heavy atom. The summed E-state index contributed by atoms with van der Waals surface area (Å²) < 4.78 is 7.70. The van der Waals surface area contributed by atoms with E-state index in [9.17, 15) is 4.79 Å². The highest BCUT2D eigenvalue weighted by molar-refractivity contribution is 7.99. The summed E-state index contributed by atoms with van der Waals surface area (Å²) in [5, 5.41) is 9.99. The number of hydrogen-bond donors (Lipinski definition) is 0. The van der Waals surface area contributed by atoms with Crippen LogP contribution in [0.3, 0.4) is 0 Å². The summed E-state index contributed by atoms with van der Waals surface area (Å²) in [4.78, 5) is 16.7. The molecule has 2 aliphatic rings. The number of hydrogen-bond acceptors (Lipinski definition) is 6. The molecule has 1 aliphatic heterocycles. The van der Waals surface area contributed by atoms with Gasteiger partial charge in [-0.3, -0.25) is 9.69 Å². The van der Waals surface area contributed by atoms with E-state index in [1.54, 1.807) is 11.8 Å². The van der Waals surface area contributed by atoms with Gasteiger partial charge >= 0.3 is 0 Å². The van der Waals surface area contributed by atoms with Gasteiger partial charge in [-0.25, -0.2) is 0 Å². The maximum atomic E-state index is 12.5. The van der Waals surface area contributed by atoms with Crippen LogP contribution in [0.4, 0.5) is 0 Å². The highest BCUT2D eigenvalue weighted by Gasteiger charge is 2.28. The van der Waals surface area contributed by atoms with Crippen LogP contribution in [0.15, 0.2) is 5.16 Å². The molecule has 2 heterocycles. The Hall–Kier alpha value is -1.12. The smallest absolute Gasteiger partial charge is 0.233 e. The second kappa shape index (κ2) is 9.89. The largest absolute Gasteiger partial charge is 0.378 e. The van der Waals surface area contributed by atoms with E-state index in [0.717, 1.165) is 17.4 Å². The summed E-state index contributed by atoms with van der Waals surface area (Å²) in [6.45, 7) is 4.86. The fraction of sp³-hybridized carbons (Fsp3) is 0.842. The van der Waals surface area contributed by atoms with Crippen LogP contribution < -0.4 is 0 Å². The molecule has 1 atom stereocenters. The lowest BCUT2D eigenvalue weighted by Crippen LogP contribution is -2.41. The second-order valence-corrected chi connectivity index (χ2v) is 8.61. The Balaban J connectivity index is 1.76. The summed E-state index contributed by atoms with van der Waals surface area (Å²) in [5.74, 6) is 1.64. The molecule has 1 aliphatic carbocycles. The van der Waals surface area contributed by atoms with E-state index in [2.05, 4.69) is 40.7 Å². The van der Waals surface area contributed by atoms with Gasteiger partial charge in [-0.1, -0.05) is 37.9 Å². The molecule has 0 aromatic carbocycles. The number of amides is 1. The van der Waals surface area contributed by atoms with Crippen LogP contribution in [0.1, 0.15) is 63.4 Å². The van der Waals surface area contributed by atoms with Gasteiger partial charge in [0.2, 0.25) is 5.91 Å². The monoisotopic (exact) mass is 395 g/mol. The lowest BCUT2D eigenvalue weighted by molar-refractivity contribution is -0.132. The molecule has 3 rings (SSSR count). The minimum Gasteiger partial charge on any atom is -0.378 e. The zero-order valence-corrected chi connectivity index (χ0v) is 17.7. The Bertz CT molecular complexity index is 609. The van der Waals surface area contributed by atoms with Crippen molar-refractivity contribution in [2.75, 3.05) is 46.2 Å². The van der Waals surface area contributed by atoms with Crippen molar-refractivity contribution in [3.8, 4) is 0 Å². The Morgan fingerprint density at radius 3 is 2.56 bits per heavy atom. The molecule has 1 saturated carbocycles. The summed E-state index contributed by atoms with van der Waals surface area (Å²) >= 11 is 1.54. The topological polar surface area (TPSA) is 63.5 Å². The first-order valence-corrected chi connectivity index (χ1v) is 11.2. The van der Waals surface area contributed by atoms with Gasteiger partial charge in [0.25, 0.3) is 0 Å². The lowest BCUT2D eigenvalue weighted by atomic mass is 9.95. The molecular formula is C19H33N5O2S. The van der Waals surface area contributed by atoms with Crippen LogP contribution in [0, 0.1) is 0 Å². The van der Waals surface area contributed by atoms with Gasteiger partial charge in [-0.15, -0.1) is 10.2 Å². The third-order valence-electron chi connectivity index (χ3n) is 5.63. The minimum atomic E-state index is 0.169. The second-order valence-electron chi connectivity index (χ2n) is 7.67. The van der Waals surface area contributed by atoms with E-state index in [4.69, 9.17) is 4.74 Å². The predicted molar refractivity (Wildman–Crippen MR) is 107 cm³/mol. The number of aromatic nitrogens is 3. The highest BCUT2D eigenvalue weighted by atomic mass is 32.2. The van der Waals surface area contributed by atoms with Gasteiger partial charge in [0.15, 0.2) is 11.0 Å². The molecule has 0 radical (unpaired) electrons. The zero-order valence-electron chi connectivity index (χ0n) is 16.9. The molecule has 1 aromatic rings. The molecule has 7 nitrogen and oxygen atoms in total. The average molecular weight is 396 g/mol. The number of ether oxygens (including phenoxy) is 1. The van der Waals surface area contributed by atoms with Crippen LogP contribution in [0.25, 0.3) is 0 Å². The highest BCUT2D eigenvalue weighted by Crippen LogP contribution is 2.35. The maximum absolute atomic E-state index is 12.5. The van der Waals surface area contributed by atoms with Crippen molar-refractivity contribution >= 4 is 17.7 Å². The van der Waals surface area contributed by atoms with Gasteiger partial charge in [0, 0.05) is 19.1 Å². The maximum Gasteiger partial charge on any atom is 0.233 e. The minimum absolute atomic E-state index is 0.169. The number of carbonyl (C=O) groups excluding carboxylic acids is 1. The van der Waals surface area contributed by atoms with Crippen molar-refractivity contribution < 1.29 is 9.53 Å². The van der Waals surface area contributed by atoms with E-state index >= 15 is 0 Å². The molecule has 1 saturated heterocycles. The first-order chi connectivity index (χ1) is 13.1. The molecule has 0 N–H and O–H groups in total. The van der Waals surface area contributed by atoms with Crippen LogP contribution in [-0.4, -0.2) is 76.6 Å². The fourth-order valence-corrected chi connectivity index (χ4v) is 5.02. The van der Waals surface area contributed by atoms with E-state index in [1.165, 1.54) is 32.1 Å². The molecule has 152 valence electrons. The zero-order chi connectivity index (χ0) is 19.2. The van der Waals surface area contributed by atoms with Crippen LogP contribution >= 0.6 is 11.8 Å². The van der Waals surface area contributed by atoms with E-state index < -0.39 is 0 Å². The van der Waals surface area contributed by atoms with Gasteiger partial charge < -0.3 is 14.2 Å². The number of rotatable bonds is 7. The van der Waals surface area contributed by atoms with Crippen molar-refractivity contribution in [1.82, 2.24) is 24.6 Å². The number of morpholine rings is 1. The summed E-state index contributed by atoms with van der Waals surface area (Å²) in [6, 6.07) is 0.711. The number of thioether (sulfide) groups is 1. The molecule has 8 heteroatoms. The standard InChI is InChI=1S/C19H33N5O2S/c1-4-16(22(2)3)18-20-21-19(24(18)15-8-6-5-7-9-15)27-14-17(25)23-10-12-26-13-11-23/h15-16H,4-14H2,1-3H3/t16-/m1/s1. The molecular weight excluding hydrogens is 362 g/mol. The molecule has 1 aromatic heterocycles. The van der Waals surface area contributed by atoms with E-state index in [0.29, 0.717) is 38.1 Å². The SMILES string of the molecule is CC[C@H](c1nnc(SCC(=O)N2CCOCC2)n1C1CCCCC1)N(C)C. The first kappa shape index (κ1) is 20.6. The van der Waals surface area contributed by atoms with Crippen molar-refractivity contribution in [2.24, 2.45) is 0 Å². The predicted octanol–water partition coefficient (Wildman–Crippen LogP) is 2.75. The van der Waals surface area contributed by atoms with Crippen molar-refractivity contribution in [1.29, 1.82) is 0 Å². The number of nitrogens with zero attached hydrogens (tertiary/aromatic N) is 5. The van der Waals surface area contributed by atoms with Crippen molar-refractivity contribution in [3.63, 3.8) is 0 Å². The van der Waals surface area contributed by atoms with Crippen LogP contribution in [-0.2, 0) is 9.53 Å². The third-order valence-corrected chi connectivity index (χ3v) is 6.56. The van der Waals surface area contributed by atoms with Crippen molar-refractivity contribution in [2.45, 2.75) is 62.7 Å².